The summed E-state index contributed by atoms with van der Waals surface area (Å²) in [7, 11) is 0. The third-order valence-electron chi connectivity index (χ3n) is 3.54. The normalized spacial score (nSPS) is 10.3. The van der Waals surface area contributed by atoms with Gasteiger partial charge in [0.1, 0.15) is 18.1 Å². The fraction of sp³-hybridized carbons (Fsp3) is 0.158. The molecule has 7 nitrogen and oxygen atoms in total. The minimum Gasteiger partial charge on any atom is -0.489 e. The van der Waals surface area contributed by atoms with Crippen molar-refractivity contribution in [3.05, 3.63) is 78.1 Å². The minimum absolute atomic E-state index is 0.125. The van der Waals surface area contributed by atoms with Gasteiger partial charge in [0.2, 0.25) is 5.91 Å². The molecule has 7 heteroatoms. The van der Waals surface area contributed by atoms with Gasteiger partial charge in [0.25, 0.3) is 5.91 Å². The number of hydrogen-bond donors (Lipinski definition) is 2. The van der Waals surface area contributed by atoms with Gasteiger partial charge in [-0.25, -0.2) is 0 Å². The van der Waals surface area contributed by atoms with Gasteiger partial charge in [-0.1, -0.05) is 18.2 Å². The number of para-hydroxylation sites is 1. The molecule has 0 saturated carbocycles. The van der Waals surface area contributed by atoms with E-state index in [-0.39, 0.29) is 31.4 Å². The minimum atomic E-state index is -0.477. The second-order valence-electron chi connectivity index (χ2n) is 5.42. The molecular weight excluding hydrogens is 336 g/mol. The Labute approximate surface area is 149 Å². The Balaban J connectivity index is 1.47. The molecule has 2 amide bonds. The van der Waals surface area contributed by atoms with Crippen LogP contribution in [0.3, 0.4) is 0 Å². The molecular formula is C19H18N2O5. The summed E-state index contributed by atoms with van der Waals surface area (Å²) in [4.78, 5) is 24.0. The molecule has 0 aliphatic rings. The fourth-order valence-corrected chi connectivity index (χ4v) is 2.23. The third kappa shape index (κ3) is 4.76. The van der Waals surface area contributed by atoms with Crippen LogP contribution in [0.4, 0.5) is 0 Å². The van der Waals surface area contributed by atoms with Crippen molar-refractivity contribution < 1.29 is 23.2 Å². The maximum atomic E-state index is 12.2. The van der Waals surface area contributed by atoms with Gasteiger partial charge < -0.3 is 24.2 Å². The molecule has 0 aliphatic heterocycles. The molecule has 134 valence electrons. The van der Waals surface area contributed by atoms with E-state index in [2.05, 4.69) is 10.6 Å². The van der Waals surface area contributed by atoms with Gasteiger partial charge in [-0.2, -0.15) is 0 Å². The number of amides is 2. The average molecular weight is 354 g/mol. The van der Waals surface area contributed by atoms with Crippen molar-refractivity contribution in [2.45, 2.75) is 13.2 Å². The molecule has 0 fully saturated rings. The molecule has 0 bridgehead atoms. The summed E-state index contributed by atoms with van der Waals surface area (Å²) in [5.41, 5.74) is 0.599. The summed E-state index contributed by atoms with van der Waals surface area (Å²) in [6, 6.07) is 14.4. The first-order valence-electron chi connectivity index (χ1n) is 8.04. The molecule has 0 saturated heterocycles. The highest BCUT2D eigenvalue weighted by Gasteiger charge is 2.16. The maximum Gasteiger partial charge on any atom is 0.287 e. The number of benzene rings is 1. The van der Waals surface area contributed by atoms with E-state index in [1.54, 1.807) is 18.2 Å². The molecule has 3 aromatic rings. The zero-order valence-corrected chi connectivity index (χ0v) is 13.9. The van der Waals surface area contributed by atoms with E-state index in [0.717, 1.165) is 0 Å². The number of nitrogens with one attached hydrogen (secondary N) is 2. The first-order chi connectivity index (χ1) is 12.7. The van der Waals surface area contributed by atoms with E-state index in [9.17, 15) is 9.59 Å². The second kappa shape index (κ2) is 8.57. The second-order valence-corrected chi connectivity index (χ2v) is 5.42. The molecule has 1 aromatic carbocycles. The van der Waals surface area contributed by atoms with Crippen LogP contribution in [0.2, 0.25) is 0 Å². The first-order valence-corrected chi connectivity index (χ1v) is 8.04. The van der Waals surface area contributed by atoms with Crippen molar-refractivity contribution >= 4 is 11.8 Å². The van der Waals surface area contributed by atoms with Crippen molar-refractivity contribution in [1.82, 2.24) is 10.6 Å². The number of ether oxygens (including phenoxy) is 1. The molecule has 26 heavy (non-hydrogen) atoms. The van der Waals surface area contributed by atoms with Crippen LogP contribution in [-0.4, -0.2) is 18.4 Å². The highest BCUT2D eigenvalue weighted by molar-refractivity contribution is 5.95. The van der Waals surface area contributed by atoms with Crippen LogP contribution in [0.1, 0.15) is 21.9 Å². The Hall–Kier alpha value is -3.48. The maximum absolute atomic E-state index is 12.2. The molecule has 0 aliphatic carbocycles. The quantitative estimate of drug-likeness (QED) is 0.648. The number of rotatable bonds is 8. The van der Waals surface area contributed by atoms with Gasteiger partial charge in [0, 0.05) is 5.56 Å². The molecule has 0 spiro atoms. The lowest BCUT2D eigenvalue weighted by molar-refractivity contribution is -0.120. The Morgan fingerprint density at radius 3 is 2.54 bits per heavy atom. The Morgan fingerprint density at radius 1 is 0.923 bits per heavy atom. The van der Waals surface area contributed by atoms with Gasteiger partial charge in [0.15, 0.2) is 5.76 Å². The average Bonchev–Trinajstić information content (AvgIpc) is 3.35. The van der Waals surface area contributed by atoms with E-state index in [1.165, 1.54) is 12.5 Å². The molecule has 0 atom stereocenters. The molecule has 3 rings (SSSR count). The third-order valence-corrected chi connectivity index (χ3v) is 3.54. The molecule has 0 radical (unpaired) electrons. The van der Waals surface area contributed by atoms with Gasteiger partial charge in [-0.15, -0.1) is 0 Å². The van der Waals surface area contributed by atoms with Crippen molar-refractivity contribution in [3.63, 3.8) is 0 Å². The van der Waals surface area contributed by atoms with Crippen LogP contribution in [0, 0.1) is 0 Å². The standard InChI is InChI=1S/C19H18N2O5/c22-17(20-11-16-7-4-9-24-16)12-21-19(23)18-14(8-10-25-18)13-26-15-5-2-1-3-6-15/h1-10H,11-13H2,(H,20,22)(H,21,23). The topological polar surface area (TPSA) is 93.7 Å². The summed E-state index contributed by atoms with van der Waals surface area (Å²) in [5, 5.41) is 5.17. The molecule has 2 N–H and O–H groups in total. The SMILES string of the molecule is O=C(CNC(=O)c1occc1COc1ccccc1)NCc1ccco1. The van der Waals surface area contributed by atoms with E-state index >= 15 is 0 Å². The van der Waals surface area contributed by atoms with Crippen molar-refractivity contribution in [3.8, 4) is 5.75 Å². The number of carbonyl (C=O) groups is 2. The highest BCUT2D eigenvalue weighted by atomic mass is 16.5. The Morgan fingerprint density at radius 2 is 1.77 bits per heavy atom. The van der Waals surface area contributed by atoms with Crippen LogP contribution in [0.5, 0.6) is 5.75 Å². The predicted octanol–water partition coefficient (Wildman–Crippen LogP) is 2.50. The lowest BCUT2D eigenvalue weighted by Crippen LogP contribution is -2.36. The summed E-state index contributed by atoms with van der Waals surface area (Å²) in [6.45, 7) is 0.284. The Kier molecular flexibility index (Phi) is 5.72. The smallest absolute Gasteiger partial charge is 0.287 e. The summed E-state index contributed by atoms with van der Waals surface area (Å²) < 4.78 is 16.0. The van der Waals surface area contributed by atoms with Gasteiger partial charge in [-0.05, 0) is 30.3 Å². The van der Waals surface area contributed by atoms with E-state index in [0.29, 0.717) is 17.1 Å². The zero-order chi connectivity index (χ0) is 18.2. The highest BCUT2D eigenvalue weighted by Crippen LogP contribution is 2.15. The summed E-state index contributed by atoms with van der Waals surface area (Å²) in [6.07, 6.45) is 2.94. The number of furan rings is 2. The van der Waals surface area contributed by atoms with Gasteiger partial charge in [0.05, 0.1) is 25.6 Å². The number of hydrogen-bond acceptors (Lipinski definition) is 5. The monoisotopic (exact) mass is 354 g/mol. The van der Waals surface area contributed by atoms with Gasteiger partial charge in [-0.3, -0.25) is 9.59 Å². The van der Waals surface area contributed by atoms with Crippen LogP contribution in [0.25, 0.3) is 0 Å². The van der Waals surface area contributed by atoms with E-state index in [1.807, 2.05) is 30.3 Å². The predicted molar refractivity (Wildman–Crippen MR) is 92.4 cm³/mol. The Bertz CT molecular complexity index is 840. The lowest BCUT2D eigenvalue weighted by atomic mass is 10.2. The van der Waals surface area contributed by atoms with E-state index < -0.39 is 5.91 Å². The van der Waals surface area contributed by atoms with Crippen molar-refractivity contribution in [2.75, 3.05) is 6.54 Å². The summed E-state index contributed by atoms with van der Waals surface area (Å²) in [5.74, 6) is 0.645. The molecule has 2 aromatic heterocycles. The van der Waals surface area contributed by atoms with E-state index in [4.69, 9.17) is 13.6 Å². The number of carbonyl (C=O) groups excluding carboxylic acids is 2. The van der Waals surface area contributed by atoms with Crippen LogP contribution >= 0.6 is 0 Å². The van der Waals surface area contributed by atoms with Crippen molar-refractivity contribution in [1.29, 1.82) is 0 Å². The fourth-order valence-electron chi connectivity index (χ4n) is 2.23. The first kappa shape index (κ1) is 17.3. The van der Waals surface area contributed by atoms with Crippen LogP contribution in [0.15, 0.2) is 69.9 Å². The largest absolute Gasteiger partial charge is 0.489 e. The molecule has 0 unspecified atom stereocenters. The van der Waals surface area contributed by atoms with Crippen molar-refractivity contribution in [2.24, 2.45) is 0 Å². The van der Waals surface area contributed by atoms with Crippen LogP contribution < -0.4 is 15.4 Å². The van der Waals surface area contributed by atoms with Crippen LogP contribution in [-0.2, 0) is 17.9 Å². The zero-order valence-electron chi connectivity index (χ0n) is 13.9. The van der Waals surface area contributed by atoms with Gasteiger partial charge >= 0.3 is 0 Å². The molecule has 2 heterocycles. The summed E-state index contributed by atoms with van der Waals surface area (Å²) >= 11 is 0. The lowest BCUT2D eigenvalue weighted by Gasteiger charge is -2.07.